The fraction of sp³-hybridized carbons (Fsp3) is 0.214. The average Bonchev–Trinajstić information content (AvgIpc) is 2.27. The lowest BCUT2D eigenvalue weighted by molar-refractivity contribution is -0.145. The van der Waals surface area contributed by atoms with Crippen LogP contribution in [0.4, 0.5) is 0 Å². The SMILES string of the molecule is CC(=O)OC(C)c1ccc2ccccc2c1. The molecule has 0 spiro atoms. The molecule has 0 aliphatic rings. The van der Waals surface area contributed by atoms with Gasteiger partial charge in [0.1, 0.15) is 6.10 Å². The van der Waals surface area contributed by atoms with Crippen LogP contribution in [-0.2, 0) is 9.53 Å². The Morgan fingerprint density at radius 2 is 1.81 bits per heavy atom. The number of esters is 1. The highest BCUT2D eigenvalue weighted by molar-refractivity contribution is 5.83. The maximum Gasteiger partial charge on any atom is 0.303 e. The van der Waals surface area contributed by atoms with Crippen LogP contribution in [0.25, 0.3) is 10.8 Å². The van der Waals surface area contributed by atoms with E-state index in [2.05, 4.69) is 18.2 Å². The highest BCUT2D eigenvalue weighted by Crippen LogP contribution is 2.22. The van der Waals surface area contributed by atoms with Gasteiger partial charge in [-0.15, -0.1) is 0 Å². The molecule has 1 atom stereocenters. The van der Waals surface area contributed by atoms with Crippen molar-refractivity contribution in [3.8, 4) is 0 Å². The second kappa shape index (κ2) is 4.35. The van der Waals surface area contributed by atoms with Gasteiger partial charge in [0.2, 0.25) is 0 Å². The Bertz CT molecular complexity index is 517. The molecule has 0 saturated carbocycles. The Morgan fingerprint density at radius 3 is 2.50 bits per heavy atom. The second-order valence-electron chi connectivity index (χ2n) is 3.86. The van der Waals surface area contributed by atoms with E-state index in [0.717, 1.165) is 5.56 Å². The van der Waals surface area contributed by atoms with Crippen molar-refractivity contribution in [2.24, 2.45) is 0 Å². The lowest BCUT2D eigenvalue weighted by Gasteiger charge is -2.12. The molecule has 0 heterocycles. The molecular formula is C14H14O2. The maximum atomic E-state index is 10.9. The Kier molecular flexibility index (Phi) is 2.91. The van der Waals surface area contributed by atoms with Crippen molar-refractivity contribution in [1.29, 1.82) is 0 Å². The zero-order chi connectivity index (χ0) is 11.5. The third-order valence-electron chi connectivity index (χ3n) is 2.59. The minimum Gasteiger partial charge on any atom is -0.458 e. The van der Waals surface area contributed by atoms with Gasteiger partial charge in [-0.2, -0.15) is 0 Å². The van der Waals surface area contributed by atoms with Gasteiger partial charge in [-0.05, 0) is 29.3 Å². The average molecular weight is 214 g/mol. The maximum absolute atomic E-state index is 10.9. The van der Waals surface area contributed by atoms with E-state index in [-0.39, 0.29) is 12.1 Å². The molecule has 0 amide bonds. The molecule has 1 unspecified atom stereocenters. The van der Waals surface area contributed by atoms with Crippen LogP contribution in [0.5, 0.6) is 0 Å². The number of hydrogen-bond donors (Lipinski definition) is 0. The molecule has 0 N–H and O–H groups in total. The van der Waals surface area contributed by atoms with Crippen molar-refractivity contribution in [3.05, 3.63) is 48.0 Å². The summed E-state index contributed by atoms with van der Waals surface area (Å²) in [6.45, 7) is 3.31. The quantitative estimate of drug-likeness (QED) is 0.715. The molecule has 0 radical (unpaired) electrons. The van der Waals surface area contributed by atoms with Gasteiger partial charge in [0, 0.05) is 6.92 Å². The van der Waals surface area contributed by atoms with E-state index in [1.54, 1.807) is 0 Å². The van der Waals surface area contributed by atoms with Gasteiger partial charge in [-0.1, -0.05) is 36.4 Å². The van der Waals surface area contributed by atoms with E-state index in [1.807, 2.05) is 31.2 Å². The minimum atomic E-state index is -0.249. The van der Waals surface area contributed by atoms with Crippen molar-refractivity contribution < 1.29 is 9.53 Å². The predicted molar refractivity (Wildman–Crippen MR) is 64.1 cm³/mol. The Morgan fingerprint density at radius 1 is 1.12 bits per heavy atom. The molecule has 0 aliphatic heterocycles. The molecule has 2 heteroatoms. The normalized spacial score (nSPS) is 12.4. The molecule has 2 nitrogen and oxygen atoms in total. The molecule has 0 fully saturated rings. The monoisotopic (exact) mass is 214 g/mol. The number of fused-ring (bicyclic) bond motifs is 1. The topological polar surface area (TPSA) is 26.3 Å². The lowest BCUT2D eigenvalue weighted by Crippen LogP contribution is -2.04. The number of carbonyl (C=O) groups is 1. The summed E-state index contributed by atoms with van der Waals surface area (Å²) >= 11 is 0. The van der Waals surface area contributed by atoms with Crippen molar-refractivity contribution >= 4 is 16.7 Å². The van der Waals surface area contributed by atoms with Gasteiger partial charge in [-0.25, -0.2) is 0 Å². The van der Waals surface area contributed by atoms with Crippen LogP contribution in [0, 0.1) is 0 Å². The van der Waals surface area contributed by atoms with Crippen LogP contribution in [-0.4, -0.2) is 5.97 Å². The molecule has 82 valence electrons. The number of carbonyl (C=O) groups excluding carboxylic acids is 1. The van der Waals surface area contributed by atoms with E-state index in [9.17, 15) is 4.79 Å². The van der Waals surface area contributed by atoms with Gasteiger partial charge in [-0.3, -0.25) is 4.79 Å². The van der Waals surface area contributed by atoms with E-state index >= 15 is 0 Å². The molecule has 0 bridgehead atoms. The summed E-state index contributed by atoms with van der Waals surface area (Å²) in [5.41, 5.74) is 1.02. The Labute approximate surface area is 94.8 Å². The van der Waals surface area contributed by atoms with Crippen molar-refractivity contribution in [2.75, 3.05) is 0 Å². The predicted octanol–water partition coefficient (Wildman–Crippen LogP) is 3.46. The molecule has 0 aliphatic carbocycles. The first-order valence-corrected chi connectivity index (χ1v) is 5.33. The zero-order valence-electron chi connectivity index (χ0n) is 9.44. The van der Waals surface area contributed by atoms with E-state index < -0.39 is 0 Å². The third-order valence-corrected chi connectivity index (χ3v) is 2.59. The van der Waals surface area contributed by atoms with Crippen LogP contribution in [0.3, 0.4) is 0 Å². The van der Waals surface area contributed by atoms with Crippen LogP contribution < -0.4 is 0 Å². The van der Waals surface area contributed by atoms with Crippen molar-refractivity contribution in [1.82, 2.24) is 0 Å². The lowest BCUT2D eigenvalue weighted by atomic mass is 10.0. The summed E-state index contributed by atoms with van der Waals surface area (Å²) in [5.74, 6) is -0.249. The highest BCUT2D eigenvalue weighted by atomic mass is 16.5. The van der Waals surface area contributed by atoms with E-state index in [1.165, 1.54) is 17.7 Å². The summed E-state index contributed by atoms with van der Waals surface area (Å²) in [4.78, 5) is 10.9. The standard InChI is InChI=1S/C14H14O2/c1-10(16-11(2)15)13-8-7-12-5-3-4-6-14(12)9-13/h3-10H,1-2H3. The molecule has 2 aromatic rings. The molecule has 16 heavy (non-hydrogen) atoms. The van der Waals surface area contributed by atoms with Gasteiger partial charge >= 0.3 is 5.97 Å². The van der Waals surface area contributed by atoms with E-state index in [4.69, 9.17) is 4.74 Å². The van der Waals surface area contributed by atoms with Gasteiger partial charge in [0.25, 0.3) is 0 Å². The van der Waals surface area contributed by atoms with Gasteiger partial charge in [0.05, 0.1) is 0 Å². The highest BCUT2D eigenvalue weighted by Gasteiger charge is 2.08. The van der Waals surface area contributed by atoms with Crippen molar-refractivity contribution in [3.63, 3.8) is 0 Å². The number of rotatable bonds is 2. The summed E-state index contributed by atoms with van der Waals surface area (Å²) in [6.07, 6.45) is -0.192. The molecule has 2 rings (SSSR count). The summed E-state index contributed by atoms with van der Waals surface area (Å²) in [5, 5.41) is 2.36. The fourth-order valence-electron chi connectivity index (χ4n) is 1.78. The van der Waals surface area contributed by atoms with Gasteiger partial charge in [0.15, 0.2) is 0 Å². The van der Waals surface area contributed by atoms with E-state index in [0.29, 0.717) is 0 Å². The number of benzene rings is 2. The summed E-state index contributed by atoms with van der Waals surface area (Å²) < 4.78 is 5.15. The van der Waals surface area contributed by atoms with Crippen LogP contribution in [0.2, 0.25) is 0 Å². The summed E-state index contributed by atoms with van der Waals surface area (Å²) in [7, 11) is 0. The zero-order valence-corrected chi connectivity index (χ0v) is 9.44. The first kappa shape index (κ1) is 10.7. The third kappa shape index (κ3) is 2.22. The Balaban J connectivity index is 2.35. The first-order valence-electron chi connectivity index (χ1n) is 5.33. The smallest absolute Gasteiger partial charge is 0.303 e. The number of ether oxygens (including phenoxy) is 1. The fourth-order valence-corrected chi connectivity index (χ4v) is 1.78. The largest absolute Gasteiger partial charge is 0.458 e. The Hall–Kier alpha value is -1.83. The minimum absolute atomic E-state index is 0.192. The van der Waals surface area contributed by atoms with Crippen LogP contribution in [0.1, 0.15) is 25.5 Å². The second-order valence-corrected chi connectivity index (χ2v) is 3.86. The molecule has 0 aromatic heterocycles. The molecule has 0 saturated heterocycles. The van der Waals surface area contributed by atoms with Crippen LogP contribution >= 0.6 is 0 Å². The number of hydrogen-bond acceptors (Lipinski definition) is 2. The first-order chi connectivity index (χ1) is 7.66. The van der Waals surface area contributed by atoms with Crippen LogP contribution in [0.15, 0.2) is 42.5 Å². The molecule has 2 aromatic carbocycles. The molecular weight excluding hydrogens is 200 g/mol. The van der Waals surface area contributed by atoms with Gasteiger partial charge < -0.3 is 4.74 Å². The summed E-state index contributed by atoms with van der Waals surface area (Å²) in [6, 6.07) is 14.2. The van der Waals surface area contributed by atoms with Crippen molar-refractivity contribution in [2.45, 2.75) is 20.0 Å².